The molecule has 0 saturated carbocycles. The summed E-state index contributed by atoms with van der Waals surface area (Å²) in [5.41, 5.74) is 3.21. The van der Waals surface area contributed by atoms with Crippen LogP contribution in [-0.4, -0.2) is 16.5 Å². The van der Waals surface area contributed by atoms with Gasteiger partial charge in [0.25, 0.3) is 0 Å². The molecule has 0 aliphatic heterocycles. The molecule has 0 saturated heterocycles. The molecule has 0 fully saturated rings. The van der Waals surface area contributed by atoms with Crippen LogP contribution in [-0.2, 0) is 12.8 Å². The standard InChI is InChI=1S/C17H22FN3/c1-4-10-19-17-12(3)15(5-2)20-16(21-17)11-13-6-8-14(18)9-7-13/h6-9H,4-5,10-11H2,1-3H3,(H,19,20,21). The minimum Gasteiger partial charge on any atom is -0.370 e. The largest absolute Gasteiger partial charge is 0.370 e. The van der Waals surface area contributed by atoms with E-state index >= 15 is 0 Å². The summed E-state index contributed by atoms with van der Waals surface area (Å²) in [4.78, 5) is 9.25. The lowest BCUT2D eigenvalue weighted by Crippen LogP contribution is -2.10. The number of aryl methyl sites for hydroxylation is 1. The zero-order valence-electron chi connectivity index (χ0n) is 12.9. The summed E-state index contributed by atoms with van der Waals surface area (Å²) in [5, 5.41) is 3.36. The second-order valence-corrected chi connectivity index (χ2v) is 5.14. The number of halogens is 1. The van der Waals surface area contributed by atoms with Crippen LogP contribution in [0.25, 0.3) is 0 Å². The highest BCUT2D eigenvalue weighted by Gasteiger charge is 2.10. The van der Waals surface area contributed by atoms with Gasteiger partial charge in [-0.3, -0.25) is 0 Å². The number of rotatable bonds is 6. The van der Waals surface area contributed by atoms with Crippen LogP contribution in [0.3, 0.4) is 0 Å². The van der Waals surface area contributed by atoms with E-state index in [-0.39, 0.29) is 5.82 Å². The van der Waals surface area contributed by atoms with Gasteiger partial charge in [-0.2, -0.15) is 0 Å². The van der Waals surface area contributed by atoms with Gasteiger partial charge >= 0.3 is 0 Å². The van der Waals surface area contributed by atoms with Crippen LogP contribution < -0.4 is 5.32 Å². The Bertz CT molecular complexity index is 594. The van der Waals surface area contributed by atoms with Gasteiger partial charge in [0.15, 0.2) is 0 Å². The van der Waals surface area contributed by atoms with Crippen molar-refractivity contribution in [3.05, 3.63) is 52.7 Å². The first-order chi connectivity index (χ1) is 10.1. The third kappa shape index (κ3) is 4.00. The minimum atomic E-state index is -0.219. The molecule has 0 amide bonds. The topological polar surface area (TPSA) is 37.8 Å². The van der Waals surface area contributed by atoms with Crippen molar-refractivity contribution >= 4 is 5.82 Å². The van der Waals surface area contributed by atoms with Crippen LogP contribution in [0.2, 0.25) is 0 Å². The number of anilines is 1. The van der Waals surface area contributed by atoms with E-state index < -0.39 is 0 Å². The normalized spacial score (nSPS) is 10.7. The number of aromatic nitrogens is 2. The zero-order chi connectivity index (χ0) is 15.2. The molecule has 0 aliphatic carbocycles. The van der Waals surface area contributed by atoms with E-state index in [4.69, 9.17) is 0 Å². The van der Waals surface area contributed by atoms with Gasteiger partial charge in [-0.25, -0.2) is 14.4 Å². The lowest BCUT2D eigenvalue weighted by atomic mass is 10.1. The Labute approximate surface area is 125 Å². The molecule has 1 aromatic carbocycles. The van der Waals surface area contributed by atoms with Crippen LogP contribution in [0.1, 0.15) is 42.9 Å². The Hall–Kier alpha value is -1.97. The maximum atomic E-state index is 13.0. The van der Waals surface area contributed by atoms with Crippen molar-refractivity contribution in [3.63, 3.8) is 0 Å². The lowest BCUT2D eigenvalue weighted by Gasteiger charge is -2.13. The predicted molar refractivity (Wildman–Crippen MR) is 84.1 cm³/mol. The van der Waals surface area contributed by atoms with Crippen molar-refractivity contribution in [3.8, 4) is 0 Å². The third-order valence-electron chi connectivity index (χ3n) is 3.45. The van der Waals surface area contributed by atoms with E-state index in [9.17, 15) is 4.39 Å². The summed E-state index contributed by atoms with van der Waals surface area (Å²) in [7, 11) is 0. The molecule has 1 N–H and O–H groups in total. The van der Waals surface area contributed by atoms with E-state index in [1.165, 1.54) is 12.1 Å². The van der Waals surface area contributed by atoms with Crippen LogP contribution in [0, 0.1) is 12.7 Å². The fourth-order valence-corrected chi connectivity index (χ4v) is 2.24. The fraction of sp³-hybridized carbons (Fsp3) is 0.412. The van der Waals surface area contributed by atoms with Gasteiger partial charge in [-0.05, 0) is 37.5 Å². The van der Waals surface area contributed by atoms with E-state index in [1.807, 2.05) is 0 Å². The van der Waals surface area contributed by atoms with Gasteiger partial charge in [0.1, 0.15) is 17.5 Å². The highest BCUT2D eigenvalue weighted by atomic mass is 19.1. The first kappa shape index (κ1) is 15.4. The Morgan fingerprint density at radius 3 is 2.43 bits per heavy atom. The SMILES string of the molecule is CCCNc1nc(Cc2ccc(F)cc2)nc(CC)c1C. The van der Waals surface area contributed by atoms with E-state index in [2.05, 4.69) is 36.1 Å². The van der Waals surface area contributed by atoms with Crippen molar-refractivity contribution in [1.29, 1.82) is 0 Å². The quantitative estimate of drug-likeness (QED) is 0.875. The first-order valence-electron chi connectivity index (χ1n) is 7.48. The smallest absolute Gasteiger partial charge is 0.135 e. The predicted octanol–water partition coefficient (Wildman–Crippen LogP) is 3.90. The summed E-state index contributed by atoms with van der Waals surface area (Å²) >= 11 is 0. The number of benzene rings is 1. The van der Waals surface area contributed by atoms with Crippen molar-refractivity contribution in [2.45, 2.75) is 40.0 Å². The average Bonchev–Trinajstić information content (AvgIpc) is 2.49. The van der Waals surface area contributed by atoms with Gasteiger partial charge in [-0.15, -0.1) is 0 Å². The maximum Gasteiger partial charge on any atom is 0.135 e. The molecular formula is C17H22FN3. The Morgan fingerprint density at radius 2 is 1.81 bits per heavy atom. The van der Waals surface area contributed by atoms with E-state index in [1.54, 1.807) is 12.1 Å². The van der Waals surface area contributed by atoms with Crippen molar-refractivity contribution < 1.29 is 4.39 Å². The van der Waals surface area contributed by atoms with Crippen LogP contribution in [0.5, 0.6) is 0 Å². The molecule has 1 aromatic heterocycles. The minimum absolute atomic E-state index is 0.219. The number of nitrogens with zero attached hydrogens (tertiary/aromatic N) is 2. The number of hydrogen-bond donors (Lipinski definition) is 1. The van der Waals surface area contributed by atoms with Gasteiger partial charge in [-0.1, -0.05) is 26.0 Å². The molecule has 0 unspecified atom stereocenters. The highest BCUT2D eigenvalue weighted by Crippen LogP contribution is 2.18. The molecule has 0 atom stereocenters. The van der Waals surface area contributed by atoms with Gasteiger partial charge in [0.2, 0.25) is 0 Å². The molecule has 112 valence electrons. The van der Waals surface area contributed by atoms with Crippen LogP contribution in [0.15, 0.2) is 24.3 Å². The Morgan fingerprint density at radius 1 is 1.10 bits per heavy atom. The molecule has 4 heteroatoms. The molecule has 2 rings (SSSR count). The van der Waals surface area contributed by atoms with Crippen molar-refractivity contribution in [2.24, 2.45) is 0 Å². The summed E-state index contributed by atoms with van der Waals surface area (Å²) in [6.45, 7) is 7.18. The fourth-order valence-electron chi connectivity index (χ4n) is 2.24. The molecule has 21 heavy (non-hydrogen) atoms. The van der Waals surface area contributed by atoms with Crippen LogP contribution in [0.4, 0.5) is 10.2 Å². The van der Waals surface area contributed by atoms with Gasteiger partial charge < -0.3 is 5.32 Å². The molecule has 0 spiro atoms. The van der Waals surface area contributed by atoms with Crippen molar-refractivity contribution in [2.75, 3.05) is 11.9 Å². The number of hydrogen-bond acceptors (Lipinski definition) is 3. The zero-order valence-corrected chi connectivity index (χ0v) is 12.9. The number of nitrogens with one attached hydrogen (secondary N) is 1. The Balaban J connectivity index is 2.27. The average molecular weight is 287 g/mol. The third-order valence-corrected chi connectivity index (χ3v) is 3.45. The molecule has 0 bridgehead atoms. The second kappa shape index (κ2) is 7.16. The summed E-state index contributed by atoms with van der Waals surface area (Å²) in [5.74, 6) is 1.48. The molecule has 2 aromatic rings. The molecule has 0 radical (unpaired) electrons. The maximum absolute atomic E-state index is 13.0. The Kier molecular flexibility index (Phi) is 5.26. The van der Waals surface area contributed by atoms with Crippen LogP contribution >= 0.6 is 0 Å². The van der Waals surface area contributed by atoms with Gasteiger partial charge in [0.05, 0.1) is 0 Å². The molecular weight excluding hydrogens is 265 g/mol. The van der Waals surface area contributed by atoms with Crippen molar-refractivity contribution in [1.82, 2.24) is 9.97 Å². The first-order valence-corrected chi connectivity index (χ1v) is 7.48. The summed E-state index contributed by atoms with van der Waals surface area (Å²) < 4.78 is 13.0. The monoisotopic (exact) mass is 287 g/mol. The molecule has 1 heterocycles. The molecule has 0 aliphatic rings. The second-order valence-electron chi connectivity index (χ2n) is 5.14. The summed E-state index contributed by atoms with van der Waals surface area (Å²) in [6, 6.07) is 6.51. The van der Waals surface area contributed by atoms with E-state index in [0.717, 1.165) is 47.8 Å². The lowest BCUT2D eigenvalue weighted by molar-refractivity contribution is 0.627. The van der Waals surface area contributed by atoms with E-state index in [0.29, 0.717) is 6.42 Å². The molecule has 3 nitrogen and oxygen atoms in total. The summed E-state index contributed by atoms with van der Waals surface area (Å²) in [6.07, 6.45) is 2.55. The van der Waals surface area contributed by atoms with Gasteiger partial charge in [0, 0.05) is 24.2 Å². The highest BCUT2D eigenvalue weighted by molar-refractivity contribution is 5.46.